The van der Waals surface area contributed by atoms with Crippen LogP contribution in [0.5, 0.6) is 0 Å². The Morgan fingerprint density at radius 2 is 1.92 bits per heavy atom. The summed E-state index contributed by atoms with van der Waals surface area (Å²) in [7, 11) is 0. The maximum Gasteiger partial charge on any atom is 0.237 e. The van der Waals surface area contributed by atoms with Crippen LogP contribution in [-0.2, 0) is 18.4 Å². The van der Waals surface area contributed by atoms with E-state index in [2.05, 4.69) is 0 Å². The molecule has 1 aromatic carbocycles. The van der Waals surface area contributed by atoms with E-state index in [1.807, 2.05) is 19.9 Å². The number of aliphatic hydroxyl groups excluding tert-OH is 2. The van der Waals surface area contributed by atoms with E-state index in [0.29, 0.717) is 35.3 Å². The average Bonchev–Trinajstić information content (AvgIpc) is 2.99. The molecule has 2 aliphatic carbocycles. The Hall–Kier alpha value is -2.24. The summed E-state index contributed by atoms with van der Waals surface area (Å²) in [5.41, 5.74) is 2.75. The van der Waals surface area contributed by atoms with Crippen LogP contribution in [0, 0.1) is 0 Å². The number of rotatable bonds is 1. The van der Waals surface area contributed by atoms with Crippen LogP contribution in [0.4, 0.5) is 0 Å². The third-order valence-corrected chi connectivity index (χ3v) is 5.45. The molecule has 124 valence electrons. The summed E-state index contributed by atoms with van der Waals surface area (Å²) in [5, 5.41) is 19.7. The lowest BCUT2D eigenvalue weighted by molar-refractivity contribution is 0.0791. The first-order valence-electron chi connectivity index (χ1n) is 8.03. The number of hydrogen-bond acceptors (Lipinski definition) is 5. The van der Waals surface area contributed by atoms with Crippen LogP contribution >= 0.6 is 0 Å². The van der Waals surface area contributed by atoms with Crippen LogP contribution < -0.4 is 0 Å². The predicted molar refractivity (Wildman–Crippen MR) is 86.1 cm³/mol. The van der Waals surface area contributed by atoms with Crippen molar-refractivity contribution < 1.29 is 24.2 Å². The van der Waals surface area contributed by atoms with Gasteiger partial charge in [0.05, 0.1) is 24.5 Å². The first-order chi connectivity index (χ1) is 11.4. The minimum atomic E-state index is -0.632. The average molecular weight is 326 g/mol. The topological polar surface area (TPSA) is 87.7 Å². The molecule has 1 heterocycles. The van der Waals surface area contributed by atoms with Crippen LogP contribution in [-0.4, -0.2) is 27.9 Å². The van der Waals surface area contributed by atoms with Gasteiger partial charge in [0.25, 0.3) is 0 Å². The number of fused-ring (bicyclic) bond motifs is 5. The van der Waals surface area contributed by atoms with Crippen molar-refractivity contribution >= 4 is 11.6 Å². The standard InChI is InChI=1S/C19H18O5/c1-19(2)12-5-3-11-15(10(12)4-6-13(19)21)17(23)16(22)14-9(7-20)8-24-18(11)14/h3,5,8,13,20-21H,4,6-7H2,1-2H3/t13-/m0/s1. The van der Waals surface area contributed by atoms with Crippen molar-refractivity contribution in [3.8, 4) is 11.3 Å². The first-order valence-corrected chi connectivity index (χ1v) is 8.03. The zero-order valence-electron chi connectivity index (χ0n) is 13.5. The molecular formula is C19H18O5. The van der Waals surface area contributed by atoms with Crippen molar-refractivity contribution in [1.82, 2.24) is 0 Å². The zero-order chi connectivity index (χ0) is 17.2. The summed E-state index contributed by atoms with van der Waals surface area (Å²) in [6, 6.07) is 3.69. The molecule has 2 aromatic rings. The molecule has 5 nitrogen and oxygen atoms in total. The number of benzene rings is 1. The van der Waals surface area contributed by atoms with E-state index in [1.54, 1.807) is 6.07 Å². The summed E-state index contributed by atoms with van der Waals surface area (Å²) in [4.78, 5) is 25.3. The molecule has 0 saturated carbocycles. The highest BCUT2D eigenvalue weighted by molar-refractivity contribution is 6.53. The highest BCUT2D eigenvalue weighted by Crippen LogP contribution is 2.44. The molecule has 0 bridgehead atoms. The van der Waals surface area contributed by atoms with Crippen molar-refractivity contribution in [1.29, 1.82) is 0 Å². The fourth-order valence-corrected chi connectivity index (χ4v) is 3.97. The summed E-state index contributed by atoms with van der Waals surface area (Å²) in [5.74, 6) is -0.837. The number of carbonyl (C=O) groups excluding carboxylic acids is 2. The summed E-state index contributed by atoms with van der Waals surface area (Å²) in [6.45, 7) is 3.54. The normalized spacial score (nSPS) is 21.2. The molecule has 24 heavy (non-hydrogen) atoms. The van der Waals surface area contributed by atoms with Gasteiger partial charge in [-0.05, 0) is 24.0 Å². The van der Waals surface area contributed by atoms with Crippen LogP contribution in [0.1, 0.15) is 57.7 Å². The maximum atomic E-state index is 12.8. The molecule has 0 amide bonds. The molecular weight excluding hydrogens is 308 g/mol. The molecule has 0 saturated heterocycles. The number of furan rings is 1. The van der Waals surface area contributed by atoms with Gasteiger partial charge in [0.1, 0.15) is 5.76 Å². The van der Waals surface area contributed by atoms with Crippen LogP contribution in [0.25, 0.3) is 11.3 Å². The first kappa shape index (κ1) is 15.3. The fraction of sp³-hybridized carbons (Fsp3) is 0.368. The van der Waals surface area contributed by atoms with Gasteiger partial charge in [0, 0.05) is 22.1 Å². The Kier molecular flexibility index (Phi) is 3.11. The number of carbonyl (C=O) groups is 2. The molecule has 2 N–H and O–H groups in total. The largest absolute Gasteiger partial charge is 0.463 e. The molecule has 0 radical (unpaired) electrons. The lowest BCUT2D eigenvalue weighted by Crippen LogP contribution is -2.39. The smallest absolute Gasteiger partial charge is 0.237 e. The Labute approximate surface area is 138 Å². The maximum absolute atomic E-state index is 12.8. The van der Waals surface area contributed by atoms with Crippen LogP contribution in [0.2, 0.25) is 0 Å². The van der Waals surface area contributed by atoms with E-state index >= 15 is 0 Å². The van der Waals surface area contributed by atoms with Gasteiger partial charge in [-0.25, -0.2) is 0 Å². The molecule has 0 spiro atoms. The van der Waals surface area contributed by atoms with Crippen molar-refractivity contribution in [2.45, 2.75) is 44.8 Å². The number of aliphatic hydroxyl groups is 2. The van der Waals surface area contributed by atoms with Crippen LogP contribution in [0.3, 0.4) is 0 Å². The van der Waals surface area contributed by atoms with Crippen molar-refractivity contribution in [3.63, 3.8) is 0 Å². The van der Waals surface area contributed by atoms with E-state index < -0.39 is 23.1 Å². The Morgan fingerprint density at radius 1 is 1.21 bits per heavy atom. The lowest BCUT2D eigenvalue weighted by atomic mass is 9.67. The second kappa shape index (κ2) is 4.88. The minimum Gasteiger partial charge on any atom is -0.463 e. The van der Waals surface area contributed by atoms with E-state index in [4.69, 9.17) is 4.42 Å². The lowest BCUT2D eigenvalue weighted by Gasteiger charge is -2.38. The number of ketones is 2. The summed E-state index contributed by atoms with van der Waals surface area (Å²) >= 11 is 0. The molecule has 0 unspecified atom stereocenters. The summed E-state index contributed by atoms with van der Waals surface area (Å²) < 4.78 is 5.50. The van der Waals surface area contributed by atoms with Gasteiger partial charge in [-0.3, -0.25) is 9.59 Å². The van der Waals surface area contributed by atoms with Crippen molar-refractivity contribution in [3.05, 3.63) is 46.2 Å². The zero-order valence-corrected chi connectivity index (χ0v) is 13.5. The Morgan fingerprint density at radius 3 is 2.62 bits per heavy atom. The highest BCUT2D eigenvalue weighted by atomic mass is 16.3. The molecule has 1 aromatic heterocycles. The van der Waals surface area contributed by atoms with Crippen molar-refractivity contribution in [2.75, 3.05) is 0 Å². The van der Waals surface area contributed by atoms with Gasteiger partial charge >= 0.3 is 0 Å². The number of Topliss-reactive ketones (excluding diaryl/α,β-unsaturated/α-hetero) is 2. The monoisotopic (exact) mass is 326 g/mol. The second-order valence-corrected chi connectivity index (χ2v) is 7.07. The van der Waals surface area contributed by atoms with Gasteiger partial charge in [-0.1, -0.05) is 26.0 Å². The molecule has 0 fully saturated rings. The Bertz CT molecular complexity index is 887. The SMILES string of the molecule is CC1(C)c2ccc3c(c2CC[C@@H]1O)C(=O)C(=O)c1c(CO)coc1-3. The van der Waals surface area contributed by atoms with E-state index in [0.717, 1.165) is 11.1 Å². The molecule has 5 heteroatoms. The molecule has 2 aliphatic rings. The van der Waals surface area contributed by atoms with Gasteiger partial charge in [0.2, 0.25) is 11.6 Å². The molecule has 4 rings (SSSR count). The van der Waals surface area contributed by atoms with E-state index in [1.165, 1.54) is 6.26 Å². The minimum absolute atomic E-state index is 0.171. The second-order valence-electron chi connectivity index (χ2n) is 7.07. The van der Waals surface area contributed by atoms with Gasteiger partial charge in [0.15, 0.2) is 0 Å². The van der Waals surface area contributed by atoms with E-state index in [9.17, 15) is 19.8 Å². The van der Waals surface area contributed by atoms with Gasteiger partial charge in [-0.2, -0.15) is 0 Å². The summed E-state index contributed by atoms with van der Waals surface area (Å²) in [6.07, 6.45) is 1.94. The van der Waals surface area contributed by atoms with Gasteiger partial charge < -0.3 is 14.6 Å². The third kappa shape index (κ3) is 1.77. The van der Waals surface area contributed by atoms with Gasteiger partial charge in [-0.15, -0.1) is 0 Å². The molecule has 0 aliphatic heterocycles. The number of hydrogen-bond donors (Lipinski definition) is 2. The third-order valence-electron chi connectivity index (χ3n) is 5.45. The quantitative estimate of drug-likeness (QED) is 0.786. The van der Waals surface area contributed by atoms with Crippen molar-refractivity contribution in [2.24, 2.45) is 0 Å². The predicted octanol–water partition coefficient (Wildman–Crippen LogP) is 2.40. The van der Waals surface area contributed by atoms with Crippen LogP contribution in [0.15, 0.2) is 22.8 Å². The Balaban J connectivity index is 2.03. The molecule has 1 atom stereocenters. The van der Waals surface area contributed by atoms with E-state index in [-0.39, 0.29) is 12.2 Å². The highest BCUT2D eigenvalue weighted by Gasteiger charge is 2.42. The fourth-order valence-electron chi connectivity index (χ4n) is 3.97.